The number of likely N-dealkylation sites (tertiary alicyclic amines) is 1. The number of nitrogens with one attached hydrogen (secondary N) is 1. The Bertz CT molecular complexity index is 668. The Morgan fingerprint density at radius 1 is 1.52 bits per heavy atom. The highest BCUT2D eigenvalue weighted by molar-refractivity contribution is 7.09. The molecule has 1 atom stereocenters. The highest BCUT2D eigenvalue weighted by Crippen LogP contribution is 2.26. The summed E-state index contributed by atoms with van der Waals surface area (Å²) in [5.41, 5.74) is 0. The van der Waals surface area contributed by atoms with E-state index >= 15 is 0 Å². The minimum atomic E-state index is 0.107. The quantitative estimate of drug-likeness (QED) is 0.819. The SMILES string of the molecule is CC(C)c1noc(C2CCCN(CCC(=O)NCc3cccs3)C2)n1. The molecule has 1 aliphatic heterocycles. The van der Waals surface area contributed by atoms with Gasteiger partial charge in [-0.25, -0.2) is 0 Å². The molecule has 136 valence electrons. The number of amides is 1. The van der Waals surface area contributed by atoms with E-state index in [1.165, 1.54) is 4.88 Å². The molecule has 0 bridgehead atoms. The number of rotatable bonds is 7. The van der Waals surface area contributed by atoms with E-state index in [-0.39, 0.29) is 17.7 Å². The van der Waals surface area contributed by atoms with Crippen LogP contribution in [-0.2, 0) is 11.3 Å². The zero-order valence-electron chi connectivity index (χ0n) is 14.9. The second-order valence-electron chi connectivity index (χ2n) is 6.89. The molecular weight excluding hydrogens is 336 g/mol. The Kier molecular flexibility index (Phi) is 6.20. The largest absolute Gasteiger partial charge is 0.351 e. The van der Waals surface area contributed by atoms with Gasteiger partial charge in [-0.15, -0.1) is 11.3 Å². The average molecular weight is 362 g/mol. The van der Waals surface area contributed by atoms with Crippen LogP contribution >= 0.6 is 11.3 Å². The lowest BCUT2D eigenvalue weighted by Gasteiger charge is -2.30. The molecule has 1 aliphatic rings. The van der Waals surface area contributed by atoms with Crippen molar-refractivity contribution in [1.29, 1.82) is 0 Å². The van der Waals surface area contributed by atoms with Gasteiger partial charge in [0.05, 0.1) is 12.5 Å². The number of hydrogen-bond donors (Lipinski definition) is 1. The summed E-state index contributed by atoms with van der Waals surface area (Å²) in [7, 11) is 0. The minimum Gasteiger partial charge on any atom is -0.351 e. The number of piperidine rings is 1. The molecule has 0 radical (unpaired) electrons. The predicted molar refractivity (Wildman–Crippen MR) is 97.6 cm³/mol. The van der Waals surface area contributed by atoms with Crippen LogP contribution < -0.4 is 5.32 Å². The maximum absolute atomic E-state index is 12.0. The van der Waals surface area contributed by atoms with Gasteiger partial charge in [0.25, 0.3) is 0 Å². The highest BCUT2D eigenvalue weighted by atomic mass is 32.1. The van der Waals surface area contributed by atoms with Gasteiger partial charge < -0.3 is 14.7 Å². The monoisotopic (exact) mass is 362 g/mol. The summed E-state index contributed by atoms with van der Waals surface area (Å²) < 4.78 is 5.45. The summed E-state index contributed by atoms with van der Waals surface area (Å²) >= 11 is 1.66. The van der Waals surface area contributed by atoms with Gasteiger partial charge in [0.2, 0.25) is 11.8 Å². The number of thiophene rings is 1. The molecule has 7 heteroatoms. The molecule has 0 spiro atoms. The van der Waals surface area contributed by atoms with Crippen molar-refractivity contribution in [3.05, 3.63) is 34.1 Å². The van der Waals surface area contributed by atoms with Gasteiger partial charge in [-0.05, 0) is 30.8 Å². The summed E-state index contributed by atoms with van der Waals surface area (Å²) in [6, 6.07) is 4.04. The first-order chi connectivity index (χ1) is 12.1. The Morgan fingerprint density at radius 2 is 2.40 bits per heavy atom. The van der Waals surface area contributed by atoms with Crippen LogP contribution in [0, 0.1) is 0 Å². The van der Waals surface area contributed by atoms with Crippen LogP contribution in [0.5, 0.6) is 0 Å². The zero-order chi connectivity index (χ0) is 17.6. The van der Waals surface area contributed by atoms with Gasteiger partial charge in [-0.1, -0.05) is 25.1 Å². The molecule has 1 unspecified atom stereocenters. The second kappa shape index (κ2) is 8.58. The Balaban J connectivity index is 1.44. The molecule has 0 aliphatic carbocycles. The maximum Gasteiger partial charge on any atom is 0.231 e. The lowest BCUT2D eigenvalue weighted by molar-refractivity contribution is -0.121. The summed E-state index contributed by atoms with van der Waals surface area (Å²) in [5.74, 6) is 2.19. The summed E-state index contributed by atoms with van der Waals surface area (Å²) in [6.45, 7) is 7.45. The fourth-order valence-electron chi connectivity index (χ4n) is 3.05. The van der Waals surface area contributed by atoms with Crippen LogP contribution in [0.1, 0.15) is 61.5 Å². The van der Waals surface area contributed by atoms with E-state index in [0.29, 0.717) is 13.0 Å². The minimum absolute atomic E-state index is 0.107. The molecule has 6 nitrogen and oxygen atoms in total. The molecule has 3 rings (SSSR count). The fourth-order valence-corrected chi connectivity index (χ4v) is 3.70. The first-order valence-electron chi connectivity index (χ1n) is 8.96. The number of nitrogens with zero attached hydrogens (tertiary/aromatic N) is 3. The van der Waals surface area contributed by atoms with Gasteiger partial charge in [0, 0.05) is 30.3 Å². The van der Waals surface area contributed by atoms with Crippen molar-refractivity contribution >= 4 is 17.2 Å². The zero-order valence-corrected chi connectivity index (χ0v) is 15.7. The van der Waals surface area contributed by atoms with E-state index in [1.807, 2.05) is 17.5 Å². The van der Waals surface area contributed by atoms with Gasteiger partial charge in [-0.2, -0.15) is 4.98 Å². The lowest BCUT2D eigenvalue weighted by atomic mass is 9.98. The fraction of sp³-hybridized carbons (Fsp3) is 0.611. The number of aromatic nitrogens is 2. The van der Waals surface area contributed by atoms with Gasteiger partial charge in [0.15, 0.2) is 5.82 Å². The van der Waals surface area contributed by atoms with E-state index in [1.54, 1.807) is 11.3 Å². The van der Waals surface area contributed by atoms with Gasteiger partial charge in [0.1, 0.15) is 0 Å². The predicted octanol–water partition coefficient (Wildman–Crippen LogP) is 3.14. The van der Waals surface area contributed by atoms with Crippen LogP contribution in [-0.4, -0.2) is 40.6 Å². The molecule has 2 aromatic rings. The summed E-state index contributed by atoms with van der Waals surface area (Å²) in [4.78, 5) is 20.1. The Hall–Kier alpha value is -1.73. The number of carbonyl (C=O) groups is 1. The normalized spacial score (nSPS) is 18.6. The van der Waals surface area contributed by atoms with Gasteiger partial charge >= 0.3 is 0 Å². The van der Waals surface area contributed by atoms with E-state index in [4.69, 9.17) is 4.52 Å². The van der Waals surface area contributed by atoms with Crippen LogP contribution in [0.2, 0.25) is 0 Å². The maximum atomic E-state index is 12.0. The van der Waals surface area contributed by atoms with Crippen LogP contribution in [0.25, 0.3) is 0 Å². The van der Waals surface area contributed by atoms with E-state index in [0.717, 1.165) is 44.2 Å². The van der Waals surface area contributed by atoms with Crippen LogP contribution in [0.3, 0.4) is 0 Å². The Labute approximate surface area is 152 Å². The van der Waals surface area contributed by atoms with E-state index in [9.17, 15) is 4.79 Å². The standard InChI is InChI=1S/C18H26N4O2S/c1-13(2)17-20-18(24-21-17)14-5-3-8-22(12-14)9-7-16(23)19-11-15-6-4-10-25-15/h4,6,10,13-14H,3,5,7-9,11-12H2,1-2H3,(H,19,23). The third-order valence-corrected chi connectivity index (χ3v) is 5.40. The van der Waals surface area contributed by atoms with Crippen molar-refractivity contribution in [1.82, 2.24) is 20.4 Å². The molecule has 1 amide bonds. The number of hydrogen-bond acceptors (Lipinski definition) is 6. The molecule has 3 heterocycles. The topological polar surface area (TPSA) is 71.3 Å². The van der Waals surface area contributed by atoms with Crippen molar-refractivity contribution in [2.24, 2.45) is 0 Å². The first kappa shape index (κ1) is 18.1. The molecule has 1 fully saturated rings. The average Bonchev–Trinajstić information content (AvgIpc) is 3.30. The second-order valence-corrected chi connectivity index (χ2v) is 7.92. The molecule has 1 N–H and O–H groups in total. The molecule has 1 saturated heterocycles. The van der Waals surface area contributed by atoms with Crippen molar-refractivity contribution < 1.29 is 9.32 Å². The van der Waals surface area contributed by atoms with Gasteiger partial charge in [-0.3, -0.25) is 4.79 Å². The number of carbonyl (C=O) groups excluding carboxylic acids is 1. The van der Waals surface area contributed by atoms with E-state index in [2.05, 4.69) is 34.2 Å². The van der Waals surface area contributed by atoms with Crippen molar-refractivity contribution in [2.45, 2.75) is 51.5 Å². The van der Waals surface area contributed by atoms with Crippen molar-refractivity contribution in [3.8, 4) is 0 Å². The molecule has 25 heavy (non-hydrogen) atoms. The summed E-state index contributed by atoms with van der Waals surface area (Å²) in [6.07, 6.45) is 2.70. The highest BCUT2D eigenvalue weighted by Gasteiger charge is 2.26. The lowest BCUT2D eigenvalue weighted by Crippen LogP contribution is -2.37. The van der Waals surface area contributed by atoms with Crippen LogP contribution in [0.4, 0.5) is 0 Å². The van der Waals surface area contributed by atoms with E-state index < -0.39 is 0 Å². The molecule has 0 saturated carbocycles. The molecular formula is C18H26N4O2S. The first-order valence-corrected chi connectivity index (χ1v) is 9.84. The van der Waals surface area contributed by atoms with Crippen molar-refractivity contribution in [2.75, 3.05) is 19.6 Å². The van der Waals surface area contributed by atoms with Crippen LogP contribution in [0.15, 0.2) is 22.0 Å². The molecule has 2 aromatic heterocycles. The molecule has 0 aromatic carbocycles. The van der Waals surface area contributed by atoms with Crippen molar-refractivity contribution in [3.63, 3.8) is 0 Å². The summed E-state index contributed by atoms with van der Waals surface area (Å²) in [5, 5.41) is 9.08. The third kappa shape index (κ3) is 5.12. The smallest absolute Gasteiger partial charge is 0.231 e. The Morgan fingerprint density at radius 3 is 3.12 bits per heavy atom. The third-order valence-electron chi connectivity index (χ3n) is 4.52.